The van der Waals surface area contributed by atoms with Gasteiger partial charge >= 0.3 is 6.09 Å². The molecule has 0 aromatic heterocycles. The van der Waals surface area contributed by atoms with Crippen LogP contribution in [0.25, 0.3) is 0 Å². The van der Waals surface area contributed by atoms with Crippen molar-refractivity contribution in [3.05, 3.63) is 0 Å². The molecule has 1 heterocycles. The second-order valence-electron chi connectivity index (χ2n) is 6.90. The van der Waals surface area contributed by atoms with Gasteiger partial charge in [0.2, 0.25) is 0 Å². The number of nitrogens with zero attached hydrogens (tertiary/aromatic N) is 1. The molecule has 2 atom stereocenters. The number of ether oxygens (including phenoxy) is 1. The quantitative estimate of drug-likeness (QED) is 0.827. The van der Waals surface area contributed by atoms with Crippen LogP contribution in [-0.4, -0.2) is 40.9 Å². The van der Waals surface area contributed by atoms with Gasteiger partial charge < -0.3 is 14.7 Å². The zero-order valence-corrected chi connectivity index (χ0v) is 12.5. The maximum Gasteiger partial charge on any atom is 0.410 e. The molecule has 1 aliphatic rings. The van der Waals surface area contributed by atoms with Crippen molar-refractivity contribution in [2.45, 2.75) is 59.7 Å². The number of hydrogen-bond acceptors (Lipinski definition) is 3. The van der Waals surface area contributed by atoms with Crippen LogP contribution in [0.2, 0.25) is 0 Å². The molecule has 0 aromatic rings. The average Bonchev–Trinajstić information content (AvgIpc) is 2.58. The number of aliphatic hydroxyl groups is 1. The molecular formula is C14H27NO3. The smallest absolute Gasteiger partial charge is 0.410 e. The molecule has 1 rings (SSSR count). The molecule has 1 fully saturated rings. The molecule has 0 aromatic carbocycles. The molecule has 0 spiro atoms. The van der Waals surface area contributed by atoms with Gasteiger partial charge in [-0.3, -0.25) is 0 Å². The van der Waals surface area contributed by atoms with Gasteiger partial charge in [0.25, 0.3) is 0 Å². The summed E-state index contributed by atoms with van der Waals surface area (Å²) < 4.78 is 5.34. The van der Waals surface area contributed by atoms with Gasteiger partial charge in [-0.05, 0) is 26.2 Å². The molecule has 0 bridgehead atoms. The molecule has 1 saturated heterocycles. The Balaban J connectivity index is 2.67. The van der Waals surface area contributed by atoms with Crippen LogP contribution in [0, 0.1) is 11.3 Å². The Labute approximate surface area is 110 Å². The van der Waals surface area contributed by atoms with Crippen LogP contribution in [0.1, 0.15) is 48.0 Å². The van der Waals surface area contributed by atoms with Crippen molar-refractivity contribution in [2.75, 3.05) is 13.1 Å². The number of amides is 1. The number of carbonyl (C=O) groups is 1. The second kappa shape index (κ2) is 5.08. The first kappa shape index (κ1) is 15.3. The summed E-state index contributed by atoms with van der Waals surface area (Å²) in [5, 5.41) is 10.1. The Bertz CT molecular complexity index is 307. The third-order valence-corrected chi connectivity index (χ3v) is 3.86. The normalized spacial score (nSPS) is 25.4. The van der Waals surface area contributed by atoms with E-state index in [9.17, 15) is 9.90 Å². The Hall–Kier alpha value is -0.770. The summed E-state index contributed by atoms with van der Waals surface area (Å²) >= 11 is 0. The number of rotatable bonds is 2. The van der Waals surface area contributed by atoms with Crippen LogP contribution < -0.4 is 0 Å². The molecule has 4 heteroatoms. The summed E-state index contributed by atoms with van der Waals surface area (Å²) in [5.74, 6) is 0.120. The highest BCUT2D eigenvalue weighted by Gasteiger charge is 2.43. The minimum absolute atomic E-state index is 0.0379. The van der Waals surface area contributed by atoms with Crippen LogP contribution in [-0.2, 0) is 4.74 Å². The van der Waals surface area contributed by atoms with Crippen molar-refractivity contribution >= 4 is 6.09 Å². The van der Waals surface area contributed by atoms with E-state index in [0.717, 1.165) is 6.42 Å². The topological polar surface area (TPSA) is 49.8 Å². The zero-order chi connectivity index (χ0) is 14.1. The molecule has 1 N–H and O–H groups in total. The van der Waals surface area contributed by atoms with Crippen LogP contribution in [0.4, 0.5) is 4.79 Å². The molecule has 0 radical (unpaired) electrons. The Morgan fingerprint density at radius 2 is 1.83 bits per heavy atom. The lowest BCUT2D eigenvalue weighted by Gasteiger charge is -2.32. The van der Waals surface area contributed by atoms with Gasteiger partial charge in [0.15, 0.2) is 0 Å². The largest absolute Gasteiger partial charge is 0.444 e. The summed E-state index contributed by atoms with van der Waals surface area (Å²) in [7, 11) is 0. The predicted octanol–water partition coefficient (Wildman–Crippen LogP) is 2.65. The standard InChI is InChI=1S/C14H27NO3/c1-7-14(5,6)10-8-15(9-11(10)16)12(17)18-13(2,3)4/h10-11,16H,7-9H2,1-6H3/t10-,11-/m1/s1. The van der Waals surface area contributed by atoms with Gasteiger partial charge in [-0.2, -0.15) is 0 Å². The van der Waals surface area contributed by atoms with Crippen molar-refractivity contribution in [1.29, 1.82) is 0 Å². The van der Waals surface area contributed by atoms with Crippen LogP contribution >= 0.6 is 0 Å². The average molecular weight is 257 g/mol. The van der Waals surface area contributed by atoms with E-state index >= 15 is 0 Å². The van der Waals surface area contributed by atoms with Gasteiger partial charge in [-0.25, -0.2) is 4.79 Å². The summed E-state index contributed by atoms with van der Waals surface area (Å²) in [4.78, 5) is 13.6. The molecule has 0 unspecified atom stereocenters. The molecule has 0 saturated carbocycles. The number of likely N-dealkylation sites (tertiary alicyclic amines) is 1. The lowest BCUT2D eigenvalue weighted by molar-refractivity contribution is 0.0269. The van der Waals surface area contributed by atoms with E-state index in [2.05, 4.69) is 20.8 Å². The summed E-state index contributed by atoms with van der Waals surface area (Å²) in [5.41, 5.74) is -0.448. The monoisotopic (exact) mass is 257 g/mol. The highest BCUT2D eigenvalue weighted by molar-refractivity contribution is 5.68. The van der Waals surface area contributed by atoms with Gasteiger partial charge in [0.1, 0.15) is 5.60 Å². The summed E-state index contributed by atoms with van der Waals surface area (Å²) in [6.07, 6.45) is 0.208. The first-order chi connectivity index (χ1) is 8.07. The number of hydrogen-bond donors (Lipinski definition) is 1. The third-order valence-electron chi connectivity index (χ3n) is 3.86. The van der Waals surface area contributed by atoms with Crippen LogP contribution in [0.15, 0.2) is 0 Å². The van der Waals surface area contributed by atoms with Gasteiger partial charge in [-0.15, -0.1) is 0 Å². The zero-order valence-electron chi connectivity index (χ0n) is 12.5. The summed E-state index contributed by atoms with van der Waals surface area (Å²) in [6.45, 7) is 12.9. The molecular weight excluding hydrogens is 230 g/mol. The van der Waals surface area contributed by atoms with Crippen molar-refractivity contribution in [2.24, 2.45) is 11.3 Å². The van der Waals surface area contributed by atoms with Crippen LogP contribution in [0.3, 0.4) is 0 Å². The van der Waals surface area contributed by atoms with Crippen molar-refractivity contribution < 1.29 is 14.6 Å². The SMILES string of the molecule is CCC(C)(C)[C@@H]1CN(C(=O)OC(C)(C)C)C[C@H]1O. The lowest BCUT2D eigenvalue weighted by atomic mass is 9.75. The van der Waals surface area contributed by atoms with Crippen molar-refractivity contribution in [3.63, 3.8) is 0 Å². The Morgan fingerprint density at radius 3 is 2.28 bits per heavy atom. The van der Waals surface area contributed by atoms with E-state index in [0.29, 0.717) is 13.1 Å². The molecule has 4 nitrogen and oxygen atoms in total. The van der Waals surface area contributed by atoms with Gasteiger partial charge in [0.05, 0.1) is 12.6 Å². The predicted molar refractivity (Wildman–Crippen MR) is 71.4 cm³/mol. The number of carbonyl (C=O) groups excluding carboxylic acids is 1. The summed E-state index contributed by atoms with van der Waals surface area (Å²) in [6, 6.07) is 0. The number of β-amino-alcohol motifs (C(OH)–C–C–N with tert-alkyl or cyclic N) is 1. The highest BCUT2D eigenvalue weighted by Crippen LogP contribution is 2.37. The van der Waals surface area contributed by atoms with E-state index in [1.807, 2.05) is 20.8 Å². The van der Waals surface area contributed by atoms with E-state index in [4.69, 9.17) is 4.74 Å². The minimum Gasteiger partial charge on any atom is -0.444 e. The second-order valence-corrected chi connectivity index (χ2v) is 6.90. The Kier molecular flexibility index (Phi) is 4.31. The van der Waals surface area contributed by atoms with E-state index in [1.54, 1.807) is 4.90 Å². The van der Waals surface area contributed by atoms with E-state index in [1.165, 1.54) is 0 Å². The Morgan fingerprint density at radius 1 is 1.28 bits per heavy atom. The molecule has 1 amide bonds. The molecule has 0 aliphatic carbocycles. The first-order valence-corrected chi connectivity index (χ1v) is 6.73. The molecule has 106 valence electrons. The number of aliphatic hydroxyl groups excluding tert-OH is 1. The maximum atomic E-state index is 12.0. The fourth-order valence-corrected chi connectivity index (χ4v) is 2.29. The van der Waals surface area contributed by atoms with Crippen molar-refractivity contribution in [1.82, 2.24) is 4.90 Å². The van der Waals surface area contributed by atoms with Crippen molar-refractivity contribution in [3.8, 4) is 0 Å². The first-order valence-electron chi connectivity index (χ1n) is 6.73. The van der Waals surface area contributed by atoms with Gasteiger partial charge in [0, 0.05) is 12.5 Å². The lowest BCUT2D eigenvalue weighted by Crippen LogP contribution is -2.36. The van der Waals surface area contributed by atoms with E-state index < -0.39 is 11.7 Å². The van der Waals surface area contributed by atoms with Gasteiger partial charge in [-0.1, -0.05) is 27.2 Å². The fraction of sp³-hybridized carbons (Fsp3) is 0.929. The molecule has 18 heavy (non-hydrogen) atoms. The highest BCUT2D eigenvalue weighted by atomic mass is 16.6. The maximum absolute atomic E-state index is 12.0. The third kappa shape index (κ3) is 3.61. The van der Waals surface area contributed by atoms with Crippen LogP contribution in [0.5, 0.6) is 0 Å². The minimum atomic E-state index is -0.486. The van der Waals surface area contributed by atoms with E-state index in [-0.39, 0.29) is 17.4 Å². The molecule has 1 aliphatic heterocycles. The fourth-order valence-electron chi connectivity index (χ4n) is 2.29.